The van der Waals surface area contributed by atoms with Crippen molar-refractivity contribution in [3.63, 3.8) is 0 Å². The maximum Gasteiger partial charge on any atom is 0.152 e. The van der Waals surface area contributed by atoms with Crippen LogP contribution in [0, 0.1) is 0 Å². The summed E-state index contributed by atoms with van der Waals surface area (Å²) in [6, 6.07) is 6.19. The predicted molar refractivity (Wildman–Crippen MR) is 92.1 cm³/mol. The van der Waals surface area contributed by atoms with Gasteiger partial charge in [-0.2, -0.15) is 0 Å². The van der Waals surface area contributed by atoms with Gasteiger partial charge < -0.3 is 4.90 Å². The largest absolute Gasteiger partial charge is 0.349 e. The highest BCUT2D eigenvalue weighted by Crippen LogP contribution is 2.26. The summed E-state index contributed by atoms with van der Waals surface area (Å²) in [5, 5.41) is 0.772. The lowest BCUT2D eigenvalue weighted by Gasteiger charge is -2.28. The minimum absolute atomic E-state index is 0.270. The van der Waals surface area contributed by atoms with E-state index in [9.17, 15) is 4.79 Å². The molecule has 1 saturated heterocycles. The van der Waals surface area contributed by atoms with Crippen molar-refractivity contribution >= 4 is 23.2 Å². The fourth-order valence-corrected chi connectivity index (χ4v) is 3.21. The number of ketones is 1. The monoisotopic (exact) mass is 329 g/mol. The highest BCUT2D eigenvalue weighted by Gasteiger charge is 2.21. The van der Waals surface area contributed by atoms with Crippen molar-refractivity contribution in [2.45, 2.75) is 32.6 Å². The number of anilines is 1. The number of carbonyl (C=O) groups is 1. The number of hydrogen-bond acceptors (Lipinski definition) is 4. The van der Waals surface area contributed by atoms with E-state index < -0.39 is 0 Å². The van der Waals surface area contributed by atoms with Crippen LogP contribution in [0.25, 0.3) is 0 Å². The third kappa shape index (κ3) is 3.70. The van der Waals surface area contributed by atoms with Crippen molar-refractivity contribution in [3.05, 3.63) is 52.4 Å². The molecule has 1 aromatic carbocycles. The maximum atomic E-state index is 11.7. The van der Waals surface area contributed by atoms with Crippen LogP contribution in [0.4, 0.5) is 5.82 Å². The summed E-state index contributed by atoms with van der Waals surface area (Å²) in [4.78, 5) is 22.4. The van der Waals surface area contributed by atoms with Crippen molar-refractivity contribution in [2.24, 2.45) is 0 Å². The molecule has 3 rings (SSSR count). The van der Waals surface area contributed by atoms with Gasteiger partial charge in [-0.1, -0.05) is 30.7 Å². The first-order chi connectivity index (χ1) is 11.2. The smallest absolute Gasteiger partial charge is 0.152 e. The van der Waals surface area contributed by atoms with Crippen LogP contribution in [0.2, 0.25) is 5.02 Å². The second kappa shape index (κ2) is 7.09. The summed E-state index contributed by atoms with van der Waals surface area (Å²) in [7, 11) is 0. The molecule has 4 nitrogen and oxygen atoms in total. The molecule has 0 bridgehead atoms. The molecule has 5 heteroatoms. The molecule has 0 unspecified atom stereocenters. The lowest BCUT2D eigenvalue weighted by atomic mass is 10.0. The number of benzene rings is 1. The van der Waals surface area contributed by atoms with Crippen LogP contribution in [0.5, 0.6) is 0 Å². The van der Waals surface area contributed by atoms with E-state index in [4.69, 9.17) is 11.6 Å². The predicted octanol–water partition coefficient (Wildman–Crippen LogP) is 3.45. The van der Waals surface area contributed by atoms with E-state index in [1.807, 2.05) is 12.3 Å². The van der Waals surface area contributed by atoms with E-state index in [1.54, 1.807) is 6.33 Å². The van der Waals surface area contributed by atoms with Crippen LogP contribution in [-0.4, -0.2) is 28.8 Å². The van der Waals surface area contributed by atoms with Gasteiger partial charge in [-0.15, -0.1) is 0 Å². The third-order valence-corrected chi connectivity index (χ3v) is 4.57. The van der Waals surface area contributed by atoms with Crippen molar-refractivity contribution < 1.29 is 4.79 Å². The van der Waals surface area contributed by atoms with E-state index in [0.717, 1.165) is 41.4 Å². The van der Waals surface area contributed by atoms with Gasteiger partial charge >= 0.3 is 0 Å². The Hall–Kier alpha value is -1.94. The average Bonchev–Trinajstić information content (AvgIpc) is 2.57. The number of piperidine rings is 1. The Morgan fingerprint density at radius 1 is 1.30 bits per heavy atom. The van der Waals surface area contributed by atoms with Gasteiger partial charge in [-0.25, -0.2) is 9.97 Å². The van der Waals surface area contributed by atoms with Gasteiger partial charge in [0, 0.05) is 36.2 Å². The lowest BCUT2D eigenvalue weighted by Crippen LogP contribution is -2.36. The zero-order valence-corrected chi connectivity index (χ0v) is 14.0. The molecular formula is C18H20ClN3O. The number of carbonyl (C=O) groups excluding carboxylic acids is 1. The highest BCUT2D eigenvalue weighted by molar-refractivity contribution is 6.31. The van der Waals surface area contributed by atoms with Crippen LogP contribution < -0.4 is 4.90 Å². The molecule has 2 heterocycles. The number of nitrogens with zero attached hydrogens (tertiary/aromatic N) is 3. The van der Waals surface area contributed by atoms with E-state index in [2.05, 4.69) is 33.9 Å². The highest BCUT2D eigenvalue weighted by atomic mass is 35.5. The normalized spacial score (nSPS) is 15.0. The second-order valence-electron chi connectivity index (χ2n) is 5.89. The van der Waals surface area contributed by atoms with Crippen molar-refractivity contribution in [3.8, 4) is 0 Å². The summed E-state index contributed by atoms with van der Waals surface area (Å²) in [5.74, 6) is 1.12. The van der Waals surface area contributed by atoms with Crippen LogP contribution in [0.15, 0.2) is 30.7 Å². The molecule has 120 valence electrons. The first kappa shape index (κ1) is 15.9. The quantitative estimate of drug-likeness (QED) is 0.862. The molecule has 0 amide bonds. The minimum atomic E-state index is 0.270. The molecule has 1 fully saturated rings. The Morgan fingerprint density at radius 3 is 2.91 bits per heavy atom. The molecule has 0 saturated carbocycles. The SMILES string of the molecule is CCc1ccc(Cc2cncnc2N2CCCC(=O)C2)c(Cl)c1. The van der Waals surface area contributed by atoms with Crippen LogP contribution >= 0.6 is 11.6 Å². The summed E-state index contributed by atoms with van der Waals surface area (Å²) in [6.07, 6.45) is 6.56. The zero-order chi connectivity index (χ0) is 16.2. The molecule has 1 aliphatic rings. The van der Waals surface area contributed by atoms with Gasteiger partial charge in [-0.3, -0.25) is 4.79 Å². The molecule has 0 spiro atoms. The Balaban J connectivity index is 1.87. The summed E-state index contributed by atoms with van der Waals surface area (Å²) in [5.41, 5.74) is 3.29. The molecule has 0 atom stereocenters. The number of halogens is 1. The standard InChI is InChI=1S/C18H20ClN3O/c1-2-13-5-6-14(17(19)8-13)9-15-10-20-12-21-18(15)22-7-3-4-16(23)11-22/h5-6,8,10,12H,2-4,7,9,11H2,1H3. The molecule has 0 radical (unpaired) electrons. The minimum Gasteiger partial charge on any atom is -0.349 e. The number of aryl methyl sites for hydroxylation is 1. The number of Topliss-reactive ketones (excluding diaryl/α,β-unsaturated/α-hetero) is 1. The average molecular weight is 330 g/mol. The molecule has 0 N–H and O–H groups in total. The van der Waals surface area contributed by atoms with Gasteiger partial charge in [0.05, 0.1) is 6.54 Å². The van der Waals surface area contributed by atoms with Crippen molar-refractivity contribution in [1.82, 2.24) is 9.97 Å². The maximum absolute atomic E-state index is 11.7. The van der Waals surface area contributed by atoms with Gasteiger partial charge in [0.1, 0.15) is 12.1 Å². The second-order valence-corrected chi connectivity index (χ2v) is 6.30. The van der Waals surface area contributed by atoms with Crippen molar-refractivity contribution in [2.75, 3.05) is 18.0 Å². The van der Waals surface area contributed by atoms with Crippen LogP contribution in [-0.2, 0) is 17.6 Å². The van der Waals surface area contributed by atoms with Crippen LogP contribution in [0.1, 0.15) is 36.5 Å². The Morgan fingerprint density at radius 2 is 2.17 bits per heavy atom. The van der Waals surface area contributed by atoms with Gasteiger partial charge in [0.2, 0.25) is 0 Å². The van der Waals surface area contributed by atoms with Crippen molar-refractivity contribution in [1.29, 1.82) is 0 Å². The fraction of sp³-hybridized carbons (Fsp3) is 0.389. The Bertz CT molecular complexity index is 717. The molecule has 1 aliphatic heterocycles. The van der Waals surface area contributed by atoms with Gasteiger partial charge in [0.25, 0.3) is 0 Å². The zero-order valence-electron chi connectivity index (χ0n) is 13.3. The Labute approximate surface area is 141 Å². The summed E-state index contributed by atoms with van der Waals surface area (Å²) < 4.78 is 0. The summed E-state index contributed by atoms with van der Waals surface area (Å²) >= 11 is 6.41. The first-order valence-corrected chi connectivity index (χ1v) is 8.38. The topological polar surface area (TPSA) is 46.1 Å². The van der Waals surface area contributed by atoms with E-state index >= 15 is 0 Å². The molecule has 2 aromatic rings. The van der Waals surface area contributed by atoms with E-state index in [0.29, 0.717) is 19.4 Å². The van der Waals surface area contributed by atoms with E-state index in [-0.39, 0.29) is 5.78 Å². The lowest BCUT2D eigenvalue weighted by molar-refractivity contribution is -0.118. The molecule has 0 aliphatic carbocycles. The van der Waals surface area contributed by atoms with Gasteiger partial charge in [0.15, 0.2) is 5.78 Å². The number of hydrogen-bond donors (Lipinski definition) is 0. The number of aromatic nitrogens is 2. The molecule has 23 heavy (non-hydrogen) atoms. The van der Waals surface area contributed by atoms with E-state index in [1.165, 1.54) is 5.56 Å². The Kier molecular flexibility index (Phi) is 4.91. The fourth-order valence-electron chi connectivity index (χ4n) is 2.94. The first-order valence-electron chi connectivity index (χ1n) is 8.00. The molecule has 1 aromatic heterocycles. The molecular weight excluding hydrogens is 310 g/mol. The van der Waals surface area contributed by atoms with Gasteiger partial charge in [-0.05, 0) is 30.0 Å². The van der Waals surface area contributed by atoms with Crippen LogP contribution in [0.3, 0.4) is 0 Å². The summed E-state index contributed by atoms with van der Waals surface area (Å²) in [6.45, 7) is 3.41. The third-order valence-electron chi connectivity index (χ3n) is 4.22. The number of rotatable bonds is 4.